The summed E-state index contributed by atoms with van der Waals surface area (Å²) in [6.07, 6.45) is 0. The Kier molecular flexibility index (Phi) is 4.49. The number of alkyl halides is 1. The quantitative estimate of drug-likeness (QED) is 0.581. The second kappa shape index (κ2) is 5.85. The van der Waals surface area contributed by atoms with Crippen molar-refractivity contribution in [3.8, 4) is 0 Å². The minimum Gasteiger partial charge on any atom is -0.113 e. The van der Waals surface area contributed by atoms with Gasteiger partial charge in [-0.1, -0.05) is 18.2 Å². The van der Waals surface area contributed by atoms with Crippen LogP contribution in [0.3, 0.4) is 0 Å². The van der Waals surface area contributed by atoms with Gasteiger partial charge in [0.1, 0.15) is 0 Å². The van der Waals surface area contributed by atoms with Crippen molar-refractivity contribution < 1.29 is 0 Å². The van der Waals surface area contributed by atoms with Crippen molar-refractivity contribution in [2.24, 2.45) is 0 Å². The number of aryl methyl sites for hydroxylation is 2. The zero-order chi connectivity index (χ0) is 15.9. The van der Waals surface area contributed by atoms with E-state index in [1.165, 1.54) is 50.1 Å². The minimum absolute atomic E-state index is 0.0794. The van der Waals surface area contributed by atoms with Crippen molar-refractivity contribution in [2.75, 3.05) is 0 Å². The maximum Gasteiger partial charge on any atom is 0.0845 e. The van der Waals surface area contributed by atoms with E-state index < -0.39 is 0 Å². The van der Waals surface area contributed by atoms with E-state index in [1.54, 1.807) is 0 Å². The van der Waals surface area contributed by atoms with E-state index in [-0.39, 0.29) is 5.38 Å². The molecule has 0 fully saturated rings. The van der Waals surface area contributed by atoms with Crippen molar-refractivity contribution in [1.82, 2.24) is 0 Å². The first-order valence-corrected chi connectivity index (χ1v) is 7.98. The van der Waals surface area contributed by atoms with Crippen LogP contribution in [0.1, 0.15) is 55.4 Å². The number of hydrogen-bond acceptors (Lipinski definition) is 0. The molecule has 2 aromatic rings. The van der Waals surface area contributed by atoms with E-state index in [1.807, 2.05) is 0 Å². The summed E-state index contributed by atoms with van der Waals surface area (Å²) >= 11 is 6.95. The Morgan fingerprint density at radius 3 is 1.43 bits per heavy atom. The van der Waals surface area contributed by atoms with Gasteiger partial charge in [-0.05, 0) is 98.5 Å². The average Bonchev–Trinajstić information content (AvgIpc) is 2.43. The normalized spacial score (nSPS) is 12.6. The molecule has 0 aromatic heterocycles. The van der Waals surface area contributed by atoms with Crippen LogP contribution >= 0.6 is 11.6 Å². The molecule has 1 heteroatoms. The maximum absolute atomic E-state index is 6.95. The number of halogens is 1. The summed E-state index contributed by atoms with van der Waals surface area (Å²) in [4.78, 5) is 0. The highest BCUT2D eigenvalue weighted by Gasteiger charge is 2.22. The van der Waals surface area contributed by atoms with Crippen molar-refractivity contribution in [1.29, 1.82) is 0 Å². The molecule has 0 radical (unpaired) electrons. The fourth-order valence-electron chi connectivity index (χ4n) is 3.28. The largest absolute Gasteiger partial charge is 0.113 e. The van der Waals surface area contributed by atoms with Crippen LogP contribution in [0.15, 0.2) is 18.2 Å². The van der Waals surface area contributed by atoms with Gasteiger partial charge in [-0.2, -0.15) is 0 Å². The first-order valence-electron chi connectivity index (χ1n) is 7.54. The van der Waals surface area contributed by atoms with E-state index in [4.69, 9.17) is 11.6 Å². The standard InChI is InChI=1S/C20H25Cl/c1-11-9-8-10-12(2)18(11)20(21)19-16(6)14(4)13(3)15(5)17(19)7/h8-10,20H,1-7H3. The zero-order valence-electron chi connectivity index (χ0n) is 14.2. The van der Waals surface area contributed by atoms with Crippen LogP contribution < -0.4 is 0 Å². The third-order valence-corrected chi connectivity index (χ3v) is 5.54. The second-order valence-corrected chi connectivity index (χ2v) is 6.64. The Hall–Kier alpha value is -1.27. The van der Waals surface area contributed by atoms with Gasteiger partial charge in [0, 0.05) is 0 Å². The Labute approximate surface area is 134 Å². The second-order valence-electron chi connectivity index (χ2n) is 6.21. The third kappa shape index (κ3) is 2.62. The molecule has 2 rings (SSSR count). The van der Waals surface area contributed by atoms with Crippen LogP contribution in [-0.2, 0) is 0 Å². The van der Waals surface area contributed by atoms with Crippen LogP contribution in [0.4, 0.5) is 0 Å². The van der Waals surface area contributed by atoms with Gasteiger partial charge in [-0.15, -0.1) is 11.6 Å². The smallest absolute Gasteiger partial charge is 0.0845 e. The molecule has 1 atom stereocenters. The highest BCUT2D eigenvalue weighted by Crippen LogP contribution is 2.39. The van der Waals surface area contributed by atoms with Gasteiger partial charge in [0.05, 0.1) is 5.38 Å². The minimum atomic E-state index is -0.0794. The molecule has 0 nitrogen and oxygen atoms in total. The summed E-state index contributed by atoms with van der Waals surface area (Å²) in [5, 5.41) is -0.0794. The molecule has 0 aliphatic carbocycles. The van der Waals surface area contributed by atoms with Crippen molar-refractivity contribution >= 4 is 11.6 Å². The SMILES string of the molecule is Cc1cccc(C)c1C(Cl)c1c(C)c(C)c(C)c(C)c1C. The highest BCUT2D eigenvalue weighted by atomic mass is 35.5. The number of benzene rings is 2. The van der Waals surface area contributed by atoms with E-state index >= 15 is 0 Å². The van der Waals surface area contributed by atoms with Gasteiger partial charge in [0.25, 0.3) is 0 Å². The lowest BCUT2D eigenvalue weighted by Gasteiger charge is -2.24. The summed E-state index contributed by atoms with van der Waals surface area (Å²) in [6, 6.07) is 6.40. The fraction of sp³-hybridized carbons (Fsp3) is 0.400. The van der Waals surface area contributed by atoms with Crippen LogP contribution in [0.2, 0.25) is 0 Å². The fourth-order valence-corrected chi connectivity index (χ4v) is 3.95. The molecule has 112 valence electrons. The Balaban J connectivity index is 2.73. The molecule has 1 unspecified atom stereocenters. The molecule has 0 heterocycles. The topological polar surface area (TPSA) is 0 Å². The predicted molar refractivity (Wildman–Crippen MR) is 93.7 cm³/mol. The molecule has 0 bridgehead atoms. The maximum atomic E-state index is 6.95. The summed E-state index contributed by atoms with van der Waals surface area (Å²) < 4.78 is 0. The average molecular weight is 301 g/mol. The molecular formula is C20H25Cl. The van der Waals surface area contributed by atoms with Crippen LogP contribution in [-0.4, -0.2) is 0 Å². The van der Waals surface area contributed by atoms with Gasteiger partial charge in [0.2, 0.25) is 0 Å². The van der Waals surface area contributed by atoms with Crippen molar-refractivity contribution in [3.05, 3.63) is 68.3 Å². The monoisotopic (exact) mass is 300 g/mol. The Morgan fingerprint density at radius 1 is 0.619 bits per heavy atom. The van der Waals surface area contributed by atoms with Crippen LogP contribution in [0, 0.1) is 48.5 Å². The molecule has 0 amide bonds. The van der Waals surface area contributed by atoms with E-state index in [2.05, 4.69) is 66.7 Å². The van der Waals surface area contributed by atoms with Crippen molar-refractivity contribution in [3.63, 3.8) is 0 Å². The van der Waals surface area contributed by atoms with Gasteiger partial charge in [-0.25, -0.2) is 0 Å². The summed E-state index contributed by atoms with van der Waals surface area (Å²) in [7, 11) is 0. The predicted octanol–water partition coefficient (Wildman–Crippen LogP) is 6.17. The van der Waals surface area contributed by atoms with Gasteiger partial charge < -0.3 is 0 Å². The first-order chi connectivity index (χ1) is 9.77. The lowest BCUT2D eigenvalue weighted by molar-refractivity contribution is 1.01. The number of hydrogen-bond donors (Lipinski definition) is 0. The Bertz CT molecular complexity index is 646. The third-order valence-electron chi connectivity index (χ3n) is 5.11. The van der Waals surface area contributed by atoms with E-state index in [0.29, 0.717) is 0 Å². The summed E-state index contributed by atoms with van der Waals surface area (Å²) in [5.41, 5.74) is 11.9. The van der Waals surface area contributed by atoms with Gasteiger partial charge in [-0.3, -0.25) is 0 Å². The molecular weight excluding hydrogens is 276 g/mol. The van der Waals surface area contributed by atoms with E-state index in [0.717, 1.165) is 0 Å². The van der Waals surface area contributed by atoms with Gasteiger partial charge >= 0.3 is 0 Å². The molecule has 21 heavy (non-hydrogen) atoms. The molecule has 0 N–H and O–H groups in total. The van der Waals surface area contributed by atoms with Crippen LogP contribution in [0.25, 0.3) is 0 Å². The Morgan fingerprint density at radius 2 is 1.00 bits per heavy atom. The molecule has 2 aromatic carbocycles. The highest BCUT2D eigenvalue weighted by molar-refractivity contribution is 6.23. The summed E-state index contributed by atoms with van der Waals surface area (Å²) in [5.74, 6) is 0. The number of rotatable bonds is 2. The first kappa shape index (κ1) is 16.1. The molecule has 0 saturated heterocycles. The lowest BCUT2D eigenvalue weighted by atomic mass is 9.85. The zero-order valence-corrected chi connectivity index (χ0v) is 14.9. The summed E-state index contributed by atoms with van der Waals surface area (Å²) in [6.45, 7) is 15.3. The molecule has 0 saturated carbocycles. The van der Waals surface area contributed by atoms with Crippen molar-refractivity contribution in [2.45, 2.75) is 53.8 Å². The molecule has 0 aliphatic heterocycles. The molecule has 0 spiro atoms. The van der Waals surface area contributed by atoms with Crippen LogP contribution in [0.5, 0.6) is 0 Å². The lowest BCUT2D eigenvalue weighted by Crippen LogP contribution is -2.08. The van der Waals surface area contributed by atoms with Gasteiger partial charge in [0.15, 0.2) is 0 Å². The van der Waals surface area contributed by atoms with E-state index in [9.17, 15) is 0 Å². The molecule has 0 aliphatic rings.